The summed E-state index contributed by atoms with van der Waals surface area (Å²) in [5.41, 5.74) is 0.444. The minimum Gasteiger partial charge on any atom is -0.493 e. The highest BCUT2D eigenvalue weighted by Gasteiger charge is 2.13. The number of carbonyl (C=O) groups is 1. The molecule has 3 rings (SSSR count). The zero-order chi connectivity index (χ0) is 19.2. The highest BCUT2D eigenvalue weighted by molar-refractivity contribution is 7.98. The van der Waals surface area contributed by atoms with Crippen LogP contribution in [0.1, 0.15) is 15.4 Å². The van der Waals surface area contributed by atoms with Crippen molar-refractivity contribution in [2.75, 3.05) is 19.5 Å². The molecule has 0 saturated heterocycles. The first-order chi connectivity index (χ1) is 13.1. The molecule has 0 aliphatic heterocycles. The molecule has 0 radical (unpaired) electrons. The molecule has 0 aliphatic carbocycles. The van der Waals surface area contributed by atoms with Gasteiger partial charge in [0.1, 0.15) is 5.01 Å². The molecule has 0 aliphatic rings. The summed E-state index contributed by atoms with van der Waals surface area (Å²) in [6, 6.07) is 12.6. The number of hydrogen-bond acceptors (Lipinski definition) is 7. The molecule has 2 aromatic carbocycles. The maximum absolute atomic E-state index is 12.4. The summed E-state index contributed by atoms with van der Waals surface area (Å²) in [5, 5.41) is 12.9. The second kappa shape index (κ2) is 9.07. The lowest BCUT2D eigenvalue weighted by molar-refractivity contribution is 0.102. The molecule has 3 aromatic rings. The number of nitrogens with zero attached hydrogens (tertiary/aromatic N) is 2. The summed E-state index contributed by atoms with van der Waals surface area (Å²) in [7, 11) is 3.07. The Hall–Kier alpha value is -2.29. The molecule has 0 fully saturated rings. The van der Waals surface area contributed by atoms with Gasteiger partial charge in [0.2, 0.25) is 5.13 Å². The van der Waals surface area contributed by atoms with E-state index >= 15 is 0 Å². The van der Waals surface area contributed by atoms with Gasteiger partial charge in [-0.3, -0.25) is 10.1 Å². The van der Waals surface area contributed by atoms with Crippen molar-refractivity contribution in [3.63, 3.8) is 0 Å². The summed E-state index contributed by atoms with van der Waals surface area (Å²) in [6.07, 6.45) is 0. The number of ether oxygens (including phenoxy) is 2. The molecule has 6 nitrogen and oxygen atoms in total. The fraction of sp³-hybridized carbons (Fsp3) is 0.167. The quantitative estimate of drug-likeness (QED) is 0.555. The van der Waals surface area contributed by atoms with Crippen LogP contribution in [-0.4, -0.2) is 30.3 Å². The molecule has 0 spiro atoms. The van der Waals surface area contributed by atoms with Crippen LogP contribution in [0.5, 0.6) is 11.5 Å². The van der Waals surface area contributed by atoms with Crippen molar-refractivity contribution in [3.05, 3.63) is 58.1 Å². The van der Waals surface area contributed by atoms with E-state index in [-0.39, 0.29) is 5.91 Å². The number of methoxy groups -OCH3 is 2. The first kappa shape index (κ1) is 19.5. The van der Waals surface area contributed by atoms with E-state index in [1.807, 2.05) is 24.3 Å². The minimum absolute atomic E-state index is 0.288. The molecular formula is C18H16ClN3O3S2. The summed E-state index contributed by atoms with van der Waals surface area (Å²) >= 11 is 8.85. The Morgan fingerprint density at radius 3 is 2.56 bits per heavy atom. The molecule has 1 heterocycles. The SMILES string of the molecule is COc1ccc(C(=O)Nc2nnc(CSc3ccc(Cl)cc3)s2)cc1OC. The van der Waals surface area contributed by atoms with Gasteiger partial charge in [-0.15, -0.1) is 22.0 Å². The molecule has 140 valence electrons. The largest absolute Gasteiger partial charge is 0.493 e. The Morgan fingerprint density at radius 1 is 1.11 bits per heavy atom. The molecule has 27 heavy (non-hydrogen) atoms. The second-order valence-electron chi connectivity index (χ2n) is 5.27. The Kier molecular flexibility index (Phi) is 6.54. The minimum atomic E-state index is -0.288. The highest BCUT2D eigenvalue weighted by Crippen LogP contribution is 2.29. The molecular weight excluding hydrogens is 406 g/mol. The third-order valence-electron chi connectivity index (χ3n) is 3.51. The molecule has 9 heteroatoms. The fourth-order valence-corrected chi connectivity index (χ4v) is 3.93. The number of thioether (sulfide) groups is 1. The Labute approximate surface area is 169 Å². The van der Waals surface area contributed by atoms with Crippen LogP contribution in [0.2, 0.25) is 5.02 Å². The molecule has 1 amide bonds. The van der Waals surface area contributed by atoms with E-state index in [4.69, 9.17) is 21.1 Å². The van der Waals surface area contributed by atoms with Crippen LogP contribution in [0.25, 0.3) is 0 Å². The number of hydrogen-bond donors (Lipinski definition) is 1. The lowest BCUT2D eigenvalue weighted by atomic mass is 10.2. The van der Waals surface area contributed by atoms with Crippen LogP contribution < -0.4 is 14.8 Å². The summed E-state index contributed by atoms with van der Waals surface area (Å²) in [4.78, 5) is 13.5. The Morgan fingerprint density at radius 2 is 1.85 bits per heavy atom. The molecule has 1 aromatic heterocycles. The first-order valence-corrected chi connectivity index (χ1v) is 10.0. The normalized spacial score (nSPS) is 10.5. The van der Waals surface area contributed by atoms with E-state index in [2.05, 4.69) is 15.5 Å². The van der Waals surface area contributed by atoms with E-state index in [1.54, 1.807) is 37.1 Å². The fourth-order valence-electron chi connectivity index (χ4n) is 2.19. The van der Waals surface area contributed by atoms with Gasteiger partial charge < -0.3 is 9.47 Å². The lowest BCUT2D eigenvalue weighted by Crippen LogP contribution is -2.11. The number of amides is 1. The van der Waals surface area contributed by atoms with Crippen LogP contribution in [0.3, 0.4) is 0 Å². The number of anilines is 1. The van der Waals surface area contributed by atoms with Crippen LogP contribution in [-0.2, 0) is 5.75 Å². The van der Waals surface area contributed by atoms with E-state index in [0.29, 0.717) is 33.0 Å². The summed E-state index contributed by atoms with van der Waals surface area (Å²) in [6.45, 7) is 0. The number of halogens is 1. The van der Waals surface area contributed by atoms with Crippen molar-refractivity contribution in [1.82, 2.24) is 10.2 Å². The number of benzene rings is 2. The van der Waals surface area contributed by atoms with E-state index in [0.717, 1.165) is 9.90 Å². The van der Waals surface area contributed by atoms with Gasteiger partial charge in [-0.25, -0.2) is 0 Å². The van der Waals surface area contributed by atoms with Crippen LogP contribution in [0.15, 0.2) is 47.4 Å². The third kappa shape index (κ3) is 5.12. The monoisotopic (exact) mass is 421 g/mol. The number of rotatable bonds is 7. The van der Waals surface area contributed by atoms with Gasteiger partial charge in [0.05, 0.1) is 20.0 Å². The maximum atomic E-state index is 12.4. The van der Waals surface area contributed by atoms with Crippen LogP contribution >= 0.6 is 34.7 Å². The average Bonchev–Trinajstić information content (AvgIpc) is 3.14. The zero-order valence-electron chi connectivity index (χ0n) is 14.6. The highest BCUT2D eigenvalue weighted by atomic mass is 35.5. The van der Waals surface area contributed by atoms with Gasteiger partial charge >= 0.3 is 0 Å². The van der Waals surface area contributed by atoms with Crippen LogP contribution in [0.4, 0.5) is 5.13 Å². The number of aromatic nitrogens is 2. The summed E-state index contributed by atoms with van der Waals surface area (Å²) in [5.74, 6) is 1.42. The van der Waals surface area contributed by atoms with Gasteiger partial charge in [0, 0.05) is 15.5 Å². The number of carbonyl (C=O) groups excluding carboxylic acids is 1. The van der Waals surface area contributed by atoms with Gasteiger partial charge in [0.25, 0.3) is 5.91 Å². The molecule has 0 atom stereocenters. The second-order valence-corrected chi connectivity index (χ2v) is 7.81. The predicted octanol–water partition coefficient (Wildman–Crippen LogP) is 4.75. The van der Waals surface area contributed by atoms with E-state index in [1.165, 1.54) is 18.4 Å². The molecule has 0 bridgehead atoms. The smallest absolute Gasteiger partial charge is 0.257 e. The van der Waals surface area contributed by atoms with Crippen molar-refractivity contribution < 1.29 is 14.3 Å². The Bertz CT molecular complexity index is 932. The molecule has 1 N–H and O–H groups in total. The van der Waals surface area contributed by atoms with Gasteiger partial charge in [-0.05, 0) is 42.5 Å². The van der Waals surface area contributed by atoms with Crippen LogP contribution in [0, 0.1) is 0 Å². The van der Waals surface area contributed by atoms with Crippen molar-refractivity contribution in [2.45, 2.75) is 10.6 Å². The first-order valence-electron chi connectivity index (χ1n) is 7.83. The topological polar surface area (TPSA) is 73.3 Å². The molecule has 0 saturated carbocycles. The maximum Gasteiger partial charge on any atom is 0.257 e. The zero-order valence-corrected chi connectivity index (χ0v) is 17.0. The van der Waals surface area contributed by atoms with E-state index < -0.39 is 0 Å². The standard InChI is InChI=1S/C18H16ClN3O3S2/c1-24-14-8-3-11(9-15(14)25-2)17(23)20-18-22-21-16(27-18)10-26-13-6-4-12(19)5-7-13/h3-9H,10H2,1-2H3,(H,20,22,23). The average molecular weight is 422 g/mol. The Balaban J connectivity index is 1.61. The lowest BCUT2D eigenvalue weighted by Gasteiger charge is -2.08. The van der Waals surface area contributed by atoms with Crippen molar-refractivity contribution in [1.29, 1.82) is 0 Å². The van der Waals surface area contributed by atoms with Crippen molar-refractivity contribution >= 4 is 45.7 Å². The number of nitrogens with one attached hydrogen (secondary N) is 1. The summed E-state index contributed by atoms with van der Waals surface area (Å²) < 4.78 is 10.4. The van der Waals surface area contributed by atoms with Gasteiger partial charge in [-0.1, -0.05) is 22.9 Å². The van der Waals surface area contributed by atoms with Crippen molar-refractivity contribution in [3.8, 4) is 11.5 Å². The van der Waals surface area contributed by atoms with Gasteiger partial charge in [-0.2, -0.15) is 0 Å². The third-order valence-corrected chi connectivity index (χ3v) is 5.81. The predicted molar refractivity (Wildman–Crippen MR) is 108 cm³/mol. The van der Waals surface area contributed by atoms with E-state index in [9.17, 15) is 4.79 Å². The van der Waals surface area contributed by atoms with Crippen molar-refractivity contribution in [2.24, 2.45) is 0 Å². The molecule has 0 unspecified atom stereocenters. The van der Waals surface area contributed by atoms with Gasteiger partial charge in [0.15, 0.2) is 11.5 Å².